The van der Waals surface area contributed by atoms with Crippen LogP contribution in [0.15, 0.2) is 6.20 Å². The first-order valence-electron chi connectivity index (χ1n) is 6.67. The van der Waals surface area contributed by atoms with Crippen LogP contribution in [0.2, 0.25) is 0 Å². The van der Waals surface area contributed by atoms with Crippen molar-refractivity contribution in [3.8, 4) is 0 Å². The number of hydrogen-bond donors (Lipinski definition) is 1. The Morgan fingerprint density at radius 2 is 2.05 bits per heavy atom. The van der Waals surface area contributed by atoms with Crippen LogP contribution in [0.5, 0.6) is 0 Å². The molecule has 1 N–H and O–H groups in total. The summed E-state index contributed by atoms with van der Waals surface area (Å²) >= 11 is 0. The molecule has 1 aromatic rings. The van der Waals surface area contributed by atoms with Gasteiger partial charge in [0.05, 0.1) is 0 Å². The van der Waals surface area contributed by atoms with Crippen molar-refractivity contribution in [1.82, 2.24) is 15.3 Å². The Bertz CT molecular complexity index is 469. The van der Waals surface area contributed by atoms with Gasteiger partial charge >= 0.3 is 6.09 Å². The molecule has 0 saturated heterocycles. The van der Waals surface area contributed by atoms with E-state index in [1.807, 2.05) is 46.6 Å². The highest BCUT2D eigenvalue weighted by Crippen LogP contribution is 2.08. The van der Waals surface area contributed by atoms with Crippen molar-refractivity contribution in [2.75, 3.05) is 25.0 Å². The number of nitrogens with one attached hydrogen (secondary N) is 1. The van der Waals surface area contributed by atoms with Crippen LogP contribution in [0.25, 0.3) is 0 Å². The number of carbonyl (C=O) groups excluding carboxylic acids is 1. The number of carbonyl (C=O) groups is 1. The van der Waals surface area contributed by atoms with Crippen LogP contribution in [0.4, 0.5) is 10.7 Å². The minimum Gasteiger partial charge on any atom is -0.444 e. The lowest BCUT2D eigenvalue weighted by Crippen LogP contribution is -2.37. The van der Waals surface area contributed by atoms with Crippen molar-refractivity contribution < 1.29 is 9.53 Å². The van der Waals surface area contributed by atoms with Crippen LogP contribution in [0, 0.1) is 13.8 Å². The number of anilines is 1. The highest BCUT2D eigenvalue weighted by Gasteiger charge is 2.15. The number of hydrogen-bond acceptors (Lipinski definition) is 5. The summed E-state index contributed by atoms with van der Waals surface area (Å²) in [5.74, 6) is 0.652. The van der Waals surface area contributed by atoms with Crippen molar-refractivity contribution in [1.29, 1.82) is 0 Å². The van der Waals surface area contributed by atoms with Gasteiger partial charge < -0.3 is 15.0 Å². The van der Waals surface area contributed by atoms with Crippen LogP contribution in [0.1, 0.15) is 32.0 Å². The van der Waals surface area contributed by atoms with E-state index in [1.165, 1.54) is 0 Å². The van der Waals surface area contributed by atoms with Gasteiger partial charge in [0.2, 0.25) is 5.95 Å². The van der Waals surface area contributed by atoms with Crippen LogP contribution >= 0.6 is 0 Å². The SMILES string of the molecule is Cc1cnc(N(C)CCNC(=O)OC(C)(C)C)nc1C. The lowest BCUT2D eigenvalue weighted by molar-refractivity contribution is 0.0529. The second-order valence-electron chi connectivity index (χ2n) is 5.79. The van der Waals surface area contributed by atoms with E-state index in [0.29, 0.717) is 19.0 Å². The standard InChI is InChI=1S/C14H24N4O2/c1-10-9-16-12(17-11(10)2)18(6)8-7-15-13(19)20-14(3,4)5/h9H,7-8H2,1-6H3,(H,15,19). The molecule has 6 heteroatoms. The summed E-state index contributed by atoms with van der Waals surface area (Å²) in [7, 11) is 1.89. The van der Waals surface area contributed by atoms with E-state index in [0.717, 1.165) is 11.3 Å². The molecule has 0 aliphatic rings. The summed E-state index contributed by atoms with van der Waals surface area (Å²) in [6.07, 6.45) is 1.39. The lowest BCUT2D eigenvalue weighted by atomic mass is 10.2. The zero-order valence-electron chi connectivity index (χ0n) is 13.1. The smallest absolute Gasteiger partial charge is 0.407 e. The van der Waals surface area contributed by atoms with Crippen LogP contribution in [0.3, 0.4) is 0 Å². The number of amides is 1. The maximum atomic E-state index is 11.5. The zero-order valence-corrected chi connectivity index (χ0v) is 13.1. The summed E-state index contributed by atoms with van der Waals surface area (Å²) in [6.45, 7) is 10.5. The van der Waals surface area contributed by atoms with Crippen molar-refractivity contribution in [3.63, 3.8) is 0 Å². The molecule has 1 rings (SSSR count). The number of ether oxygens (including phenoxy) is 1. The summed E-state index contributed by atoms with van der Waals surface area (Å²) < 4.78 is 5.16. The minimum atomic E-state index is -0.479. The molecule has 0 unspecified atom stereocenters. The summed E-state index contributed by atoms with van der Waals surface area (Å²) in [4.78, 5) is 22.1. The highest BCUT2D eigenvalue weighted by atomic mass is 16.6. The Kier molecular flexibility index (Phi) is 5.30. The highest BCUT2D eigenvalue weighted by molar-refractivity contribution is 5.67. The number of alkyl carbamates (subject to hydrolysis) is 1. The van der Waals surface area contributed by atoms with Crippen LogP contribution < -0.4 is 10.2 Å². The Labute approximate surface area is 120 Å². The number of rotatable bonds is 4. The molecule has 0 saturated carbocycles. The molecule has 6 nitrogen and oxygen atoms in total. The van der Waals surface area contributed by atoms with Gasteiger partial charge in [-0.05, 0) is 40.2 Å². The van der Waals surface area contributed by atoms with E-state index in [2.05, 4.69) is 15.3 Å². The van der Waals surface area contributed by atoms with Gasteiger partial charge in [0.25, 0.3) is 0 Å². The number of aryl methyl sites for hydroxylation is 2. The molecule has 0 atom stereocenters. The van der Waals surface area contributed by atoms with E-state index >= 15 is 0 Å². The van der Waals surface area contributed by atoms with E-state index in [9.17, 15) is 4.79 Å². The molecule has 1 heterocycles. The maximum absolute atomic E-state index is 11.5. The summed E-state index contributed by atoms with van der Waals surface area (Å²) in [5, 5.41) is 2.71. The molecule has 20 heavy (non-hydrogen) atoms. The monoisotopic (exact) mass is 280 g/mol. The summed E-state index contributed by atoms with van der Waals surface area (Å²) in [5.41, 5.74) is 1.55. The topological polar surface area (TPSA) is 67.4 Å². The van der Waals surface area contributed by atoms with E-state index < -0.39 is 11.7 Å². The Hall–Kier alpha value is -1.85. The Morgan fingerprint density at radius 3 is 2.60 bits per heavy atom. The minimum absolute atomic E-state index is 0.410. The summed E-state index contributed by atoms with van der Waals surface area (Å²) in [6, 6.07) is 0. The number of likely N-dealkylation sites (N-methyl/N-ethyl adjacent to an activating group) is 1. The molecule has 0 spiro atoms. The molecule has 0 bridgehead atoms. The predicted molar refractivity (Wildman–Crippen MR) is 79.0 cm³/mol. The Morgan fingerprint density at radius 1 is 1.40 bits per heavy atom. The fourth-order valence-electron chi connectivity index (χ4n) is 1.44. The van der Waals surface area contributed by atoms with Gasteiger partial charge in [-0.2, -0.15) is 0 Å². The molecule has 0 radical (unpaired) electrons. The van der Waals surface area contributed by atoms with Crippen molar-refractivity contribution in [2.24, 2.45) is 0 Å². The second-order valence-corrected chi connectivity index (χ2v) is 5.79. The van der Waals surface area contributed by atoms with Crippen molar-refractivity contribution in [2.45, 2.75) is 40.2 Å². The van der Waals surface area contributed by atoms with Gasteiger partial charge in [-0.25, -0.2) is 14.8 Å². The molecule has 0 aromatic carbocycles. The molecule has 0 aliphatic heterocycles. The van der Waals surface area contributed by atoms with E-state index in [1.54, 1.807) is 6.20 Å². The number of nitrogens with zero attached hydrogens (tertiary/aromatic N) is 3. The van der Waals surface area contributed by atoms with Gasteiger partial charge in [-0.15, -0.1) is 0 Å². The molecule has 0 aliphatic carbocycles. The molecule has 1 aromatic heterocycles. The second kappa shape index (κ2) is 6.54. The van der Waals surface area contributed by atoms with Gasteiger partial charge in [0.1, 0.15) is 5.60 Å². The fourth-order valence-corrected chi connectivity index (χ4v) is 1.44. The molecule has 112 valence electrons. The first kappa shape index (κ1) is 16.2. The third-order valence-corrected chi connectivity index (χ3v) is 2.67. The largest absolute Gasteiger partial charge is 0.444 e. The molecule has 0 fully saturated rings. The van der Waals surface area contributed by atoms with Gasteiger partial charge in [-0.1, -0.05) is 0 Å². The zero-order chi connectivity index (χ0) is 15.3. The first-order valence-corrected chi connectivity index (χ1v) is 6.67. The maximum Gasteiger partial charge on any atom is 0.407 e. The predicted octanol–water partition coefficient (Wildman–Crippen LogP) is 2.05. The average molecular weight is 280 g/mol. The molecule has 1 amide bonds. The van der Waals surface area contributed by atoms with Crippen LogP contribution in [-0.4, -0.2) is 41.8 Å². The molecular weight excluding hydrogens is 256 g/mol. The number of aromatic nitrogens is 2. The van der Waals surface area contributed by atoms with Gasteiger partial charge in [0, 0.05) is 32.0 Å². The van der Waals surface area contributed by atoms with E-state index in [4.69, 9.17) is 4.74 Å². The Balaban J connectivity index is 2.42. The van der Waals surface area contributed by atoms with Crippen LogP contribution in [-0.2, 0) is 4.74 Å². The third kappa shape index (κ3) is 5.42. The first-order chi connectivity index (χ1) is 9.19. The van der Waals surface area contributed by atoms with Gasteiger partial charge in [0.15, 0.2) is 0 Å². The lowest BCUT2D eigenvalue weighted by Gasteiger charge is -2.21. The third-order valence-electron chi connectivity index (χ3n) is 2.67. The molecular formula is C14H24N4O2. The van der Waals surface area contributed by atoms with Gasteiger partial charge in [-0.3, -0.25) is 0 Å². The average Bonchev–Trinajstić information content (AvgIpc) is 2.30. The fraction of sp³-hybridized carbons (Fsp3) is 0.643. The normalized spacial score (nSPS) is 11.1. The van der Waals surface area contributed by atoms with Crippen molar-refractivity contribution in [3.05, 3.63) is 17.5 Å². The van der Waals surface area contributed by atoms with Crippen molar-refractivity contribution >= 4 is 12.0 Å². The van der Waals surface area contributed by atoms with E-state index in [-0.39, 0.29) is 0 Å². The quantitative estimate of drug-likeness (QED) is 0.914.